The van der Waals surface area contributed by atoms with E-state index in [1.807, 2.05) is 0 Å². The molecular weight excluding hydrogens is 136 g/mol. The second-order valence-corrected chi connectivity index (χ2v) is 1.82. The molecule has 0 bridgehead atoms. The molecule has 0 aliphatic rings. The zero-order chi connectivity index (χ0) is 8.57. The lowest BCUT2D eigenvalue weighted by atomic mass is 10.5. The van der Waals surface area contributed by atoms with Crippen LogP contribution in [0, 0.1) is 0 Å². The molecule has 0 rings (SSSR count). The molecule has 0 aromatic rings. The third kappa shape index (κ3) is 52.8. The first-order valence-corrected chi connectivity index (χ1v) is 2.87. The van der Waals surface area contributed by atoms with Crippen LogP contribution in [0.4, 0.5) is 0 Å². The molecule has 0 amide bonds. The lowest BCUT2D eigenvalue weighted by Gasteiger charge is -1.97. The monoisotopic (exact) mass is 150 g/mol. The Morgan fingerprint density at radius 3 is 2.00 bits per heavy atom. The third-order valence-electron chi connectivity index (χ3n) is 0.408. The smallest absolute Gasteiger partial charge is 0.300 e. The van der Waals surface area contributed by atoms with Gasteiger partial charge in [-0.1, -0.05) is 0 Å². The average molecular weight is 150 g/mol. The molecule has 1 atom stereocenters. The molecule has 0 spiro atoms. The average Bonchev–Trinajstić information content (AvgIpc) is 1.62. The van der Waals surface area contributed by atoms with E-state index in [0.29, 0.717) is 6.61 Å². The van der Waals surface area contributed by atoms with E-state index >= 15 is 0 Å². The standard InChI is InChI=1S/C4H10O2.C2H4O2/c1-4(5)3-6-2;1-2(3)4/h4-5H,3H2,1-2H3;1H3,(H,3,4). The maximum Gasteiger partial charge on any atom is 0.300 e. The minimum Gasteiger partial charge on any atom is -0.481 e. The highest BCUT2D eigenvalue weighted by Crippen LogP contribution is 1.75. The summed E-state index contributed by atoms with van der Waals surface area (Å²) in [5.74, 6) is -0.833. The molecule has 0 aliphatic heterocycles. The first-order chi connectivity index (χ1) is 4.50. The second kappa shape index (κ2) is 8.39. The van der Waals surface area contributed by atoms with Gasteiger partial charge in [0.15, 0.2) is 0 Å². The fourth-order valence-electron chi connectivity index (χ4n) is 0.241. The first-order valence-electron chi connectivity index (χ1n) is 2.87. The van der Waals surface area contributed by atoms with Gasteiger partial charge in [-0.2, -0.15) is 0 Å². The highest BCUT2D eigenvalue weighted by atomic mass is 16.5. The fourth-order valence-corrected chi connectivity index (χ4v) is 0.241. The van der Waals surface area contributed by atoms with Crippen LogP contribution >= 0.6 is 0 Å². The van der Waals surface area contributed by atoms with Crippen molar-refractivity contribution in [2.45, 2.75) is 20.0 Å². The number of ether oxygens (including phenoxy) is 1. The number of aliphatic carboxylic acids is 1. The first kappa shape index (κ1) is 12.1. The lowest BCUT2D eigenvalue weighted by Crippen LogP contribution is -2.07. The zero-order valence-corrected chi connectivity index (χ0v) is 6.50. The van der Waals surface area contributed by atoms with Crippen LogP contribution < -0.4 is 0 Å². The summed E-state index contributed by atoms with van der Waals surface area (Å²) in [4.78, 5) is 9.00. The highest BCUT2D eigenvalue weighted by molar-refractivity contribution is 5.62. The van der Waals surface area contributed by atoms with Gasteiger partial charge in [-0.25, -0.2) is 0 Å². The molecule has 0 aromatic heterocycles. The lowest BCUT2D eigenvalue weighted by molar-refractivity contribution is -0.134. The molecule has 0 saturated heterocycles. The van der Waals surface area contributed by atoms with Gasteiger partial charge in [0.25, 0.3) is 5.97 Å². The van der Waals surface area contributed by atoms with Gasteiger partial charge in [-0.05, 0) is 6.92 Å². The maximum absolute atomic E-state index is 9.00. The van der Waals surface area contributed by atoms with Crippen LogP contribution in [0.2, 0.25) is 0 Å². The van der Waals surface area contributed by atoms with Crippen molar-refractivity contribution in [3.05, 3.63) is 0 Å². The number of aliphatic hydroxyl groups excluding tert-OH is 1. The maximum atomic E-state index is 9.00. The molecule has 0 aromatic carbocycles. The van der Waals surface area contributed by atoms with Crippen LogP contribution in [0.15, 0.2) is 0 Å². The van der Waals surface area contributed by atoms with Gasteiger partial charge in [0.1, 0.15) is 0 Å². The topological polar surface area (TPSA) is 66.8 Å². The molecular formula is C6H14O4. The van der Waals surface area contributed by atoms with E-state index < -0.39 is 5.97 Å². The summed E-state index contributed by atoms with van der Waals surface area (Å²) in [5.41, 5.74) is 0. The third-order valence-corrected chi connectivity index (χ3v) is 0.408. The van der Waals surface area contributed by atoms with Gasteiger partial charge in [0, 0.05) is 14.0 Å². The molecule has 0 aliphatic carbocycles. The van der Waals surface area contributed by atoms with E-state index in [2.05, 4.69) is 4.74 Å². The van der Waals surface area contributed by atoms with E-state index in [-0.39, 0.29) is 6.10 Å². The SMILES string of the molecule is CC(=O)O.COCC(C)O. The minimum atomic E-state index is -0.833. The number of carbonyl (C=O) groups is 1. The summed E-state index contributed by atoms with van der Waals surface area (Å²) in [6.07, 6.45) is -0.324. The Bertz CT molecular complexity index is 75.8. The normalized spacial score (nSPS) is 11.2. The Balaban J connectivity index is 0. The number of methoxy groups -OCH3 is 1. The fraction of sp³-hybridized carbons (Fsp3) is 0.833. The van der Waals surface area contributed by atoms with Gasteiger partial charge in [-0.3, -0.25) is 4.79 Å². The molecule has 0 fully saturated rings. The van der Waals surface area contributed by atoms with Crippen LogP contribution in [0.1, 0.15) is 13.8 Å². The molecule has 0 radical (unpaired) electrons. The van der Waals surface area contributed by atoms with Gasteiger partial charge >= 0.3 is 0 Å². The summed E-state index contributed by atoms with van der Waals surface area (Å²) < 4.78 is 4.55. The molecule has 4 heteroatoms. The van der Waals surface area contributed by atoms with E-state index in [0.717, 1.165) is 6.92 Å². The van der Waals surface area contributed by atoms with Gasteiger partial charge in [0.05, 0.1) is 12.7 Å². The zero-order valence-electron chi connectivity index (χ0n) is 6.50. The van der Waals surface area contributed by atoms with Crippen molar-refractivity contribution in [1.29, 1.82) is 0 Å². The van der Waals surface area contributed by atoms with Crippen LogP contribution in [-0.2, 0) is 9.53 Å². The van der Waals surface area contributed by atoms with Crippen molar-refractivity contribution >= 4 is 5.97 Å². The van der Waals surface area contributed by atoms with Gasteiger partial charge in [-0.15, -0.1) is 0 Å². The van der Waals surface area contributed by atoms with E-state index in [4.69, 9.17) is 15.0 Å². The number of aliphatic hydroxyl groups is 1. The predicted molar refractivity (Wildman–Crippen MR) is 36.9 cm³/mol. The van der Waals surface area contributed by atoms with E-state index in [1.54, 1.807) is 14.0 Å². The quantitative estimate of drug-likeness (QED) is 0.586. The van der Waals surface area contributed by atoms with Crippen LogP contribution in [0.25, 0.3) is 0 Å². The summed E-state index contributed by atoms with van der Waals surface area (Å²) in [5, 5.41) is 15.8. The molecule has 10 heavy (non-hydrogen) atoms. The summed E-state index contributed by atoms with van der Waals surface area (Å²) in [7, 11) is 1.56. The number of carboxylic acid groups (broad SMARTS) is 1. The van der Waals surface area contributed by atoms with Gasteiger partial charge < -0.3 is 14.9 Å². The molecule has 1 unspecified atom stereocenters. The highest BCUT2D eigenvalue weighted by Gasteiger charge is 1.87. The second-order valence-electron chi connectivity index (χ2n) is 1.82. The van der Waals surface area contributed by atoms with Crippen LogP contribution in [-0.4, -0.2) is 36.0 Å². The Hall–Kier alpha value is -0.610. The Labute approximate surface area is 60.4 Å². The van der Waals surface area contributed by atoms with E-state index in [1.165, 1.54) is 0 Å². The summed E-state index contributed by atoms with van der Waals surface area (Å²) in [6, 6.07) is 0. The van der Waals surface area contributed by atoms with Crippen molar-refractivity contribution < 1.29 is 19.7 Å². The Morgan fingerprint density at radius 2 is 2.00 bits per heavy atom. The number of hydrogen-bond donors (Lipinski definition) is 2. The minimum absolute atomic E-state index is 0.324. The molecule has 0 heterocycles. The Kier molecular flexibility index (Phi) is 10.2. The van der Waals surface area contributed by atoms with Crippen molar-refractivity contribution in [2.75, 3.05) is 13.7 Å². The van der Waals surface area contributed by atoms with Crippen LogP contribution in [0.5, 0.6) is 0 Å². The van der Waals surface area contributed by atoms with Crippen LogP contribution in [0.3, 0.4) is 0 Å². The molecule has 62 valence electrons. The number of rotatable bonds is 2. The molecule has 2 N–H and O–H groups in total. The number of hydrogen-bond acceptors (Lipinski definition) is 3. The van der Waals surface area contributed by atoms with Gasteiger partial charge in [0.2, 0.25) is 0 Å². The summed E-state index contributed by atoms with van der Waals surface area (Å²) >= 11 is 0. The van der Waals surface area contributed by atoms with Crippen molar-refractivity contribution in [3.63, 3.8) is 0 Å². The number of carboxylic acids is 1. The Morgan fingerprint density at radius 1 is 1.70 bits per heavy atom. The van der Waals surface area contributed by atoms with E-state index in [9.17, 15) is 0 Å². The van der Waals surface area contributed by atoms with Crippen molar-refractivity contribution in [2.24, 2.45) is 0 Å². The molecule has 4 nitrogen and oxygen atoms in total. The van der Waals surface area contributed by atoms with Crippen molar-refractivity contribution in [3.8, 4) is 0 Å². The summed E-state index contributed by atoms with van der Waals surface area (Å²) in [6.45, 7) is 3.20. The van der Waals surface area contributed by atoms with Crippen molar-refractivity contribution in [1.82, 2.24) is 0 Å². The molecule has 0 saturated carbocycles. The largest absolute Gasteiger partial charge is 0.481 e. The predicted octanol–water partition coefficient (Wildman–Crippen LogP) is 0.104.